The van der Waals surface area contributed by atoms with Crippen LogP contribution in [0.4, 0.5) is 11.4 Å². The Morgan fingerprint density at radius 3 is 2.79 bits per heavy atom. The molecule has 0 saturated heterocycles. The number of benzene rings is 1. The van der Waals surface area contributed by atoms with Crippen molar-refractivity contribution < 1.29 is 4.79 Å². The van der Waals surface area contributed by atoms with Crippen LogP contribution >= 0.6 is 0 Å². The Balaban J connectivity index is 1.76. The molecular formula is C19H26N4O. The van der Waals surface area contributed by atoms with E-state index in [0.717, 1.165) is 35.6 Å². The van der Waals surface area contributed by atoms with Gasteiger partial charge in [0.05, 0.1) is 17.1 Å². The maximum Gasteiger partial charge on any atom is 0.227 e. The Morgan fingerprint density at radius 1 is 1.38 bits per heavy atom. The van der Waals surface area contributed by atoms with Crippen LogP contribution in [0.3, 0.4) is 0 Å². The van der Waals surface area contributed by atoms with Crippen LogP contribution in [-0.4, -0.2) is 28.3 Å². The molecule has 5 nitrogen and oxygen atoms in total. The van der Waals surface area contributed by atoms with Gasteiger partial charge in [-0.25, -0.2) is 0 Å². The van der Waals surface area contributed by atoms with Crippen molar-refractivity contribution in [3.63, 3.8) is 0 Å². The molecule has 128 valence electrons. The van der Waals surface area contributed by atoms with Gasteiger partial charge in [-0.3, -0.25) is 9.48 Å². The summed E-state index contributed by atoms with van der Waals surface area (Å²) in [6.07, 6.45) is 3.24. The first-order valence-corrected chi connectivity index (χ1v) is 8.60. The molecule has 0 spiro atoms. The highest BCUT2D eigenvalue weighted by molar-refractivity contribution is 5.98. The van der Waals surface area contributed by atoms with Crippen molar-refractivity contribution >= 4 is 17.3 Å². The number of hydrogen-bond acceptors (Lipinski definition) is 3. The summed E-state index contributed by atoms with van der Waals surface area (Å²) in [5, 5.41) is 7.91. The molecule has 0 fully saturated rings. The zero-order valence-corrected chi connectivity index (χ0v) is 14.9. The number of anilines is 2. The van der Waals surface area contributed by atoms with Gasteiger partial charge in [0.25, 0.3) is 0 Å². The summed E-state index contributed by atoms with van der Waals surface area (Å²) in [7, 11) is 1.91. The van der Waals surface area contributed by atoms with Gasteiger partial charge in [0.2, 0.25) is 5.91 Å². The lowest BCUT2D eigenvalue weighted by Gasteiger charge is -2.37. The molecule has 0 radical (unpaired) electrons. The number of carbonyl (C=O) groups excluding carboxylic acids is 1. The molecule has 0 unspecified atom stereocenters. The largest absolute Gasteiger partial charge is 0.379 e. The van der Waals surface area contributed by atoms with E-state index >= 15 is 0 Å². The van der Waals surface area contributed by atoms with Gasteiger partial charge < -0.3 is 10.2 Å². The van der Waals surface area contributed by atoms with Crippen molar-refractivity contribution in [1.82, 2.24) is 9.78 Å². The van der Waals surface area contributed by atoms with E-state index in [2.05, 4.69) is 30.3 Å². The minimum Gasteiger partial charge on any atom is -0.379 e. The third kappa shape index (κ3) is 3.30. The maximum absolute atomic E-state index is 12.9. The number of para-hydroxylation sites is 2. The summed E-state index contributed by atoms with van der Waals surface area (Å²) in [5.74, 6) is 0.645. The number of nitrogens with zero attached hydrogens (tertiary/aromatic N) is 3. The van der Waals surface area contributed by atoms with Gasteiger partial charge in [-0.05, 0) is 37.0 Å². The summed E-state index contributed by atoms with van der Waals surface area (Å²) < 4.78 is 1.81. The van der Waals surface area contributed by atoms with Gasteiger partial charge in [0, 0.05) is 32.3 Å². The molecule has 1 aliphatic heterocycles. The smallest absolute Gasteiger partial charge is 0.227 e. The molecule has 1 N–H and O–H groups in total. The van der Waals surface area contributed by atoms with Crippen LogP contribution in [-0.2, 0) is 18.3 Å². The molecule has 1 aliphatic rings. The highest BCUT2D eigenvalue weighted by atomic mass is 16.2. The molecule has 1 amide bonds. The molecule has 0 saturated carbocycles. The second-order valence-corrected chi connectivity index (χ2v) is 6.93. The predicted molar refractivity (Wildman–Crippen MR) is 97.3 cm³/mol. The average molecular weight is 326 g/mol. The fourth-order valence-corrected chi connectivity index (χ4v) is 3.26. The number of fused-ring (bicyclic) bond motifs is 1. The first-order chi connectivity index (χ1) is 11.5. The zero-order valence-electron chi connectivity index (χ0n) is 14.9. The Bertz CT molecular complexity index is 735. The lowest BCUT2D eigenvalue weighted by molar-refractivity contribution is -0.118. The molecule has 1 atom stereocenters. The van der Waals surface area contributed by atoms with Gasteiger partial charge >= 0.3 is 0 Å². The Hall–Kier alpha value is -2.30. The van der Waals surface area contributed by atoms with Crippen LogP contribution in [0.2, 0.25) is 0 Å². The third-order valence-corrected chi connectivity index (χ3v) is 4.74. The Morgan fingerprint density at radius 2 is 2.12 bits per heavy atom. The van der Waals surface area contributed by atoms with Crippen molar-refractivity contribution in [2.75, 3.05) is 16.8 Å². The van der Waals surface area contributed by atoms with Crippen LogP contribution in [0.25, 0.3) is 0 Å². The van der Waals surface area contributed by atoms with Crippen molar-refractivity contribution in [2.45, 2.75) is 39.7 Å². The molecule has 5 heteroatoms. The van der Waals surface area contributed by atoms with Crippen LogP contribution in [0.15, 0.2) is 30.5 Å². The molecule has 0 bridgehead atoms. The predicted octanol–water partition coefficient (Wildman–Crippen LogP) is 3.14. The summed E-state index contributed by atoms with van der Waals surface area (Å²) in [6, 6.07) is 8.35. The van der Waals surface area contributed by atoms with Gasteiger partial charge in [-0.15, -0.1) is 0 Å². The number of rotatable bonds is 4. The zero-order chi connectivity index (χ0) is 17.3. The van der Waals surface area contributed by atoms with E-state index in [4.69, 9.17) is 0 Å². The number of nitrogens with one attached hydrogen (secondary N) is 1. The monoisotopic (exact) mass is 326 g/mol. The maximum atomic E-state index is 12.9. The van der Waals surface area contributed by atoms with E-state index in [1.165, 1.54) is 0 Å². The number of aryl methyl sites for hydroxylation is 3. The van der Waals surface area contributed by atoms with Crippen molar-refractivity contribution in [1.29, 1.82) is 0 Å². The third-order valence-electron chi connectivity index (χ3n) is 4.74. The lowest BCUT2D eigenvalue weighted by atomic mass is 9.99. The van der Waals surface area contributed by atoms with E-state index in [0.29, 0.717) is 12.3 Å². The summed E-state index contributed by atoms with van der Waals surface area (Å²) in [4.78, 5) is 14.8. The molecular weight excluding hydrogens is 300 g/mol. The minimum atomic E-state index is 0.179. The molecule has 2 aromatic rings. The van der Waals surface area contributed by atoms with E-state index in [1.807, 2.05) is 47.9 Å². The SMILES string of the molecule is Cc1nn(C)cc1CCC(=O)N1C[C@@H](C(C)C)Nc2ccccc21. The van der Waals surface area contributed by atoms with Gasteiger partial charge in [0.1, 0.15) is 0 Å². The van der Waals surface area contributed by atoms with Crippen LogP contribution < -0.4 is 10.2 Å². The fraction of sp³-hybridized carbons (Fsp3) is 0.474. The summed E-state index contributed by atoms with van der Waals surface area (Å²) >= 11 is 0. The first-order valence-electron chi connectivity index (χ1n) is 8.60. The van der Waals surface area contributed by atoms with E-state index in [-0.39, 0.29) is 11.9 Å². The quantitative estimate of drug-likeness (QED) is 0.939. The highest BCUT2D eigenvalue weighted by Gasteiger charge is 2.29. The normalized spacial score (nSPS) is 16.9. The van der Waals surface area contributed by atoms with E-state index in [1.54, 1.807) is 0 Å². The molecule has 0 aliphatic carbocycles. The van der Waals surface area contributed by atoms with Crippen molar-refractivity contribution in [3.05, 3.63) is 41.7 Å². The molecule has 3 rings (SSSR count). The van der Waals surface area contributed by atoms with Crippen LogP contribution in [0.5, 0.6) is 0 Å². The lowest BCUT2D eigenvalue weighted by Crippen LogP contribution is -2.47. The van der Waals surface area contributed by atoms with E-state index in [9.17, 15) is 4.79 Å². The summed E-state index contributed by atoms with van der Waals surface area (Å²) in [5.41, 5.74) is 4.19. The van der Waals surface area contributed by atoms with Gasteiger partial charge in [0.15, 0.2) is 0 Å². The van der Waals surface area contributed by atoms with Crippen LogP contribution in [0, 0.1) is 12.8 Å². The van der Waals surface area contributed by atoms with Gasteiger partial charge in [-0.1, -0.05) is 26.0 Å². The molecule has 1 aromatic heterocycles. The summed E-state index contributed by atoms with van der Waals surface area (Å²) in [6.45, 7) is 7.09. The number of hydrogen-bond donors (Lipinski definition) is 1. The number of aromatic nitrogens is 2. The highest BCUT2D eigenvalue weighted by Crippen LogP contribution is 2.32. The van der Waals surface area contributed by atoms with Crippen LogP contribution in [0.1, 0.15) is 31.5 Å². The average Bonchev–Trinajstić information content (AvgIpc) is 2.89. The second kappa shape index (κ2) is 6.67. The standard InChI is InChI=1S/C19H26N4O/c1-13(2)17-12-23(18-8-6-5-7-16(18)20-17)19(24)10-9-15-11-22(4)21-14(15)3/h5-8,11,13,17,20H,9-10,12H2,1-4H3/t17-/m0/s1. The molecule has 24 heavy (non-hydrogen) atoms. The topological polar surface area (TPSA) is 50.2 Å². The number of amides is 1. The van der Waals surface area contributed by atoms with Gasteiger partial charge in [-0.2, -0.15) is 5.10 Å². The van der Waals surface area contributed by atoms with Crippen molar-refractivity contribution in [2.24, 2.45) is 13.0 Å². The minimum absolute atomic E-state index is 0.179. The fourth-order valence-electron chi connectivity index (χ4n) is 3.26. The Labute approximate surface area is 143 Å². The van der Waals surface area contributed by atoms with E-state index < -0.39 is 0 Å². The first kappa shape index (κ1) is 16.6. The molecule has 1 aromatic carbocycles. The number of carbonyl (C=O) groups is 1. The second-order valence-electron chi connectivity index (χ2n) is 6.93. The molecule has 2 heterocycles. The van der Waals surface area contributed by atoms with Crippen molar-refractivity contribution in [3.8, 4) is 0 Å². The Kier molecular flexibility index (Phi) is 4.60.